The fraction of sp³-hybridized carbons (Fsp3) is 0.526. The van der Waals surface area contributed by atoms with Crippen molar-refractivity contribution in [3.8, 4) is 0 Å². The maximum Gasteiger partial charge on any atom is 0.265 e. The van der Waals surface area contributed by atoms with Crippen molar-refractivity contribution >= 4 is 38.3 Å². The van der Waals surface area contributed by atoms with E-state index >= 15 is 0 Å². The van der Waals surface area contributed by atoms with Crippen LogP contribution in [0.25, 0.3) is 0 Å². The number of hydrogen-bond donors (Lipinski definition) is 2. The van der Waals surface area contributed by atoms with Crippen LogP contribution in [-0.4, -0.2) is 47.2 Å². The first kappa shape index (κ1) is 21.0. The van der Waals surface area contributed by atoms with Crippen molar-refractivity contribution in [3.05, 3.63) is 28.5 Å². The molecule has 0 saturated carbocycles. The highest BCUT2D eigenvalue weighted by Gasteiger charge is 2.33. The average molecular weight is 452 g/mol. The molecule has 1 saturated heterocycles. The van der Waals surface area contributed by atoms with Crippen molar-refractivity contribution in [1.82, 2.24) is 13.9 Å². The number of aromatic nitrogens is 2. The van der Waals surface area contributed by atoms with Gasteiger partial charge in [0.2, 0.25) is 15.9 Å². The van der Waals surface area contributed by atoms with Crippen LogP contribution in [0.2, 0.25) is 0 Å². The Hall–Kier alpha value is -2.24. The van der Waals surface area contributed by atoms with Gasteiger partial charge < -0.3 is 15.6 Å². The van der Waals surface area contributed by atoms with Crippen LogP contribution in [0.15, 0.2) is 17.2 Å². The molecule has 0 aromatic carbocycles. The summed E-state index contributed by atoms with van der Waals surface area (Å²) in [6.07, 6.45) is 6.55. The average Bonchev–Trinajstić information content (AvgIpc) is 3.31. The van der Waals surface area contributed by atoms with Gasteiger partial charge in [0, 0.05) is 37.1 Å². The normalized spacial score (nSPS) is 18.2. The second kappa shape index (κ2) is 8.12. The number of primary amides is 1. The number of carbonyl (C=O) groups excluding carboxylic acids is 2. The molecule has 1 aliphatic carbocycles. The van der Waals surface area contributed by atoms with Crippen LogP contribution < -0.4 is 11.1 Å². The number of amides is 2. The topological polar surface area (TPSA) is 127 Å². The number of rotatable bonds is 5. The predicted octanol–water partition coefficient (Wildman–Crippen LogP) is 1.50. The SMILES string of the molecule is Cn1cc(S(=O)(=O)N2CCC(C(=O)Nc3nc4c(s3)CCCC4)CC2)cc1C(N)=O. The molecule has 0 atom stereocenters. The molecule has 0 spiro atoms. The summed E-state index contributed by atoms with van der Waals surface area (Å²) in [7, 11) is -2.17. The van der Waals surface area contributed by atoms with Crippen LogP contribution in [0, 0.1) is 5.92 Å². The number of nitrogens with two attached hydrogens (primary N) is 1. The lowest BCUT2D eigenvalue weighted by atomic mass is 9.97. The Morgan fingerprint density at radius 3 is 2.57 bits per heavy atom. The first-order chi connectivity index (χ1) is 14.3. The van der Waals surface area contributed by atoms with Crippen molar-refractivity contribution in [1.29, 1.82) is 0 Å². The Morgan fingerprint density at radius 1 is 1.23 bits per heavy atom. The molecule has 0 bridgehead atoms. The molecule has 2 aliphatic rings. The van der Waals surface area contributed by atoms with Crippen LogP contribution in [0.4, 0.5) is 5.13 Å². The number of nitrogens with zero attached hydrogens (tertiary/aromatic N) is 3. The van der Waals surface area contributed by atoms with E-state index in [0.717, 1.165) is 31.4 Å². The molecule has 11 heteroatoms. The molecule has 30 heavy (non-hydrogen) atoms. The van der Waals surface area contributed by atoms with Crippen LogP contribution >= 0.6 is 11.3 Å². The van der Waals surface area contributed by atoms with Gasteiger partial charge in [0.1, 0.15) is 10.6 Å². The lowest BCUT2D eigenvalue weighted by Crippen LogP contribution is -2.41. The smallest absolute Gasteiger partial charge is 0.265 e. The van der Waals surface area contributed by atoms with Crippen molar-refractivity contribution in [2.75, 3.05) is 18.4 Å². The van der Waals surface area contributed by atoms with E-state index in [0.29, 0.717) is 18.0 Å². The van der Waals surface area contributed by atoms with E-state index in [1.807, 2.05) is 0 Å². The van der Waals surface area contributed by atoms with Gasteiger partial charge in [-0.3, -0.25) is 9.59 Å². The minimum Gasteiger partial charge on any atom is -0.364 e. The van der Waals surface area contributed by atoms with Crippen LogP contribution in [0.5, 0.6) is 0 Å². The standard InChI is InChI=1S/C19H25N5O4S2/c1-23-11-13(10-15(23)17(20)25)30(27,28)24-8-6-12(7-9-24)18(26)22-19-21-14-4-2-3-5-16(14)29-19/h10-12H,2-9H2,1H3,(H2,20,25)(H,21,22,26). The van der Waals surface area contributed by atoms with Crippen LogP contribution in [0.1, 0.15) is 46.7 Å². The lowest BCUT2D eigenvalue weighted by Gasteiger charge is -2.30. The number of hydrogen-bond acceptors (Lipinski definition) is 6. The molecule has 4 rings (SSSR count). The molecule has 2 aromatic heterocycles. The van der Waals surface area contributed by atoms with Gasteiger partial charge in [0.25, 0.3) is 5.91 Å². The monoisotopic (exact) mass is 451 g/mol. The highest BCUT2D eigenvalue weighted by Crippen LogP contribution is 2.31. The summed E-state index contributed by atoms with van der Waals surface area (Å²) in [6.45, 7) is 0.491. The van der Waals surface area contributed by atoms with E-state index in [-0.39, 0.29) is 35.5 Å². The number of thiazole rings is 1. The second-order valence-electron chi connectivity index (χ2n) is 7.80. The summed E-state index contributed by atoms with van der Waals surface area (Å²) < 4.78 is 28.6. The van der Waals surface area contributed by atoms with E-state index in [1.165, 1.54) is 26.0 Å². The first-order valence-electron chi connectivity index (χ1n) is 10.0. The van der Waals surface area contributed by atoms with Gasteiger partial charge in [-0.15, -0.1) is 11.3 Å². The van der Waals surface area contributed by atoms with E-state index in [1.54, 1.807) is 18.4 Å². The summed E-state index contributed by atoms with van der Waals surface area (Å²) in [4.78, 5) is 29.9. The minimum absolute atomic E-state index is 0.0371. The van der Waals surface area contributed by atoms with Gasteiger partial charge in [0.05, 0.1) is 5.69 Å². The Labute approximate surface area is 179 Å². The molecule has 2 aromatic rings. The third-order valence-corrected chi connectivity index (χ3v) is 8.71. The zero-order chi connectivity index (χ0) is 21.5. The molecule has 2 amide bonds. The fourth-order valence-electron chi connectivity index (χ4n) is 4.04. The molecule has 1 aliphatic heterocycles. The van der Waals surface area contributed by atoms with Gasteiger partial charge in [0.15, 0.2) is 5.13 Å². The van der Waals surface area contributed by atoms with Gasteiger partial charge >= 0.3 is 0 Å². The molecule has 1 fully saturated rings. The van der Waals surface area contributed by atoms with Gasteiger partial charge in [-0.2, -0.15) is 4.31 Å². The summed E-state index contributed by atoms with van der Waals surface area (Å²) >= 11 is 1.55. The van der Waals surface area contributed by atoms with Gasteiger partial charge in [-0.25, -0.2) is 13.4 Å². The lowest BCUT2D eigenvalue weighted by molar-refractivity contribution is -0.120. The summed E-state index contributed by atoms with van der Waals surface area (Å²) in [5.74, 6) is -1.04. The number of aryl methyl sites for hydroxylation is 3. The summed E-state index contributed by atoms with van der Waals surface area (Å²) in [5.41, 5.74) is 6.51. The summed E-state index contributed by atoms with van der Waals surface area (Å²) in [5, 5.41) is 3.57. The molecule has 9 nitrogen and oxygen atoms in total. The molecule has 3 heterocycles. The maximum absolute atomic E-state index is 12.9. The first-order valence-corrected chi connectivity index (χ1v) is 12.3. The van der Waals surface area contributed by atoms with E-state index < -0.39 is 15.9 Å². The number of sulfonamides is 1. The number of fused-ring (bicyclic) bond motifs is 1. The summed E-state index contributed by atoms with van der Waals surface area (Å²) in [6, 6.07) is 1.29. The van der Waals surface area contributed by atoms with E-state index in [9.17, 15) is 18.0 Å². The van der Waals surface area contributed by atoms with Crippen LogP contribution in [-0.2, 0) is 34.7 Å². The molecule has 0 radical (unpaired) electrons. The molecule has 0 unspecified atom stereocenters. The minimum atomic E-state index is -3.74. The highest BCUT2D eigenvalue weighted by molar-refractivity contribution is 7.89. The van der Waals surface area contributed by atoms with Gasteiger partial charge in [-0.05, 0) is 44.6 Å². The van der Waals surface area contributed by atoms with Crippen molar-refractivity contribution in [2.45, 2.75) is 43.4 Å². The van der Waals surface area contributed by atoms with Crippen molar-refractivity contribution < 1.29 is 18.0 Å². The van der Waals surface area contributed by atoms with Crippen molar-refractivity contribution in [2.24, 2.45) is 18.7 Å². The zero-order valence-corrected chi connectivity index (χ0v) is 18.4. The maximum atomic E-state index is 12.9. The Balaban J connectivity index is 1.38. The molecular formula is C19H25N5O4S2. The number of piperidine rings is 1. The number of anilines is 1. The van der Waals surface area contributed by atoms with Crippen molar-refractivity contribution in [3.63, 3.8) is 0 Å². The Morgan fingerprint density at radius 2 is 1.93 bits per heavy atom. The van der Waals surface area contributed by atoms with E-state index in [2.05, 4.69) is 10.3 Å². The second-order valence-corrected chi connectivity index (χ2v) is 10.8. The highest BCUT2D eigenvalue weighted by atomic mass is 32.2. The quantitative estimate of drug-likeness (QED) is 0.712. The fourth-order valence-corrected chi connectivity index (χ4v) is 6.63. The van der Waals surface area contributed by atoms with Crippen LogP contribution in [0.3, 0.4) is 0 Å². The Bertz CT molecular complexity index is 1060. The molecule has 162 valence electrons. The zero-order valence-electron chi connectivity index (χ0n) is 16.8. The predicted molar refractivity (Wildman–Crippen MR) is 113 cm³/mol. The molecular weight excluding hydrogens is 426 g/mol. The van der Waals surface area contributed by atoms with E-state index in [4.69, 9.17) is 5.73 Å². The largest absolute Gasteiger partial charge is 0.364 e. The Kier molecular flexibility index (Phi) is 5.69. The third-order valence-electron chi connectivity index (χ3n) is 5.77. The number of carbonyl (C=O) groups is 2. The third kappa shape index (κ3) is 4.01. The number of nitrogens with one attached hydrogen (secondary N) is 1. The molecule has 3 N–H and O–H groups in total. The van der Waals surface area contributed by atoms with Gasteiger partial charge in [-0.1, -0.05) is 0 Å².